The standard InChI is InChI=1S/C24H34N2O5S/c1-15(14-27)26-19-21(29)25(23(2,3)4)12-9-11-24(19)18(20(26)28)17-16(32-24)10-7-5-6-8-13-31-22(17)30/h7,9-11,15-19,27H,5-6,8,12-14H2,1-4H3/b10-7-/t15-,16+,17-,18+,19?,24+/m1/s1. The van der Waals surface area contributed by atoms with E-state index in [0.29, 0.717) is 13.2 Å². The average Bonchev–Trinajstić information content (AvgIpc) is 3.12. The zero-order chi connectivity index (χ0) is 23.3. The number of cyclic esters (lactones) is 1. The molecule has 0 aliphatic carbocycles. The Kier molecular flexibility index (Phi) is 6.22. The SMILES string of the molecule is C[C@H](CO)N1C(=O)[C@@H]2[C@@H]3C(=O)OCCCC/C=C\[C@@H]3S[C@@]23C=CCN(C(C)(C)C)C(=O)C13. The van der Waals surface area contributed by atoms with Gasteiger partial charge in [-0.05, 0) is 47.0 Å². The second-order valence-corrected chi connectivity index (χ2v) is 11.7. The molecule has 2 fully saturated rings. The van der Waals surface area contributed by atoms with Crippen molar-refractivity contribution in [3.63, 3.8) is 0 Å². The molecular weight excluding hydrogens is 428 g/mol. The predicted octanol–water partition coefficient (Wildman–Crippen LogP) is 2.14. The van der Waals surface area contributed by atoms with E-state index < -0.39 is 34.2 Å². The van der Waals surface area contributed by atoms with Gasteiger partial charge in [-0.2, -0.15) is 0 Å². The summed E-state index contributed by atoms with van der Waals surface area (Å²) in [6.07, 6.45) is 10.7. The fourth-order valence-electron chi connectivity index (χ4n) is 5.52. The molecule has 32 heavy (non-hydrogen) atoms. The molecular formula is C24H34N2O5S. The van der Waals surface area contributed by atoms with Gasteiger partial charge in [-0.3, -0.25) is 14.4 Å². The van der Waals surface area contributed by atoms with E-state index in [1.165, 1.54) is 11.8 Å². The summed E-state index contributed by atoms with van der Waals surface area (Å²) in [5.74, 6) is -2.09. The fraction of sp³-hybridized carbons (Fsp3) is 0.708. The van der Waals surface area contributed by atoms with Gasteiger partial charge in [-0.1, -0.05) is 24.3 Å². The highest BCUT2D eigenvalue weighted by atomic mass is 32.2. The van der Waals surface area contributed by atoms with E-state index in [1.807, 2.05) is 39.0 Å². The summed E-state index contributed by atoms with van der Waals surface area (Å²) >= 11 is 1.54. The van der Waals surface area contributed by atoms with Gasteiger partial charge in [0.1, 0.15) is 6.04 Å². The Hall–Kier alpha value is -1.80. The Bertz CT molecular complexity index is 850. The molecule has 0 bridgehead atoms. The second kappa shape index (κ2) is 8.52. The van der Waals surface area contributed by atoms with Crippen LogP contribution in [0.1, 0.15) is 47.0 Å². The molecule has 0 aromatic rings. The molecule has 4 aliphatic heterocycles. The van der Waals surface area contributed by atoms with Gasteiger partial charge in [-0.25, -0.2) is 0 Å². The first-order valence-electron chi connectivity index (χ1n) is 11.6. The van der Waals surface area contributed by atoms with Crippen LogP contribution in [0.2, 0.25) is 0 Å². The van der Waals surface area contributed by atoms with Crippen molar-refractivity contribution in [2.24, 2.45) is 11.8 Å². The van der Waals surface area contributed by atoms with Crippen molar-refractivity contribution in [2.75, 3.05) is 19.8 Å². The van der Waals surface area contributed by atoms with E-state index in [1.54, 1.807) is 16.7 Å². The lowest BCUT2D eigenvalue weighted by Crippen LogP contribution is -2.59. The highest BCUT2D eigenvalue weighted by Gasteiger charge is 2.71. The second-order valence-electron chi connectivity index (χ2n) is 10.2. The average molecular weight is 463 g/mol. The maximum absolute atomic E-state index is 14.0. The van der Waals surface area contributed by atoms with Gasteiger partial charge in [0.05, 0.1) is 35.8 Å². The summed E-state index contributed by atoms with van der Waals surface area (Å²) in [6.45, 7) is 8.24. The zero-order valence-electron chi connectivity index (χ0n) is 19.3. The maximum Gasteiger partial charge on any atom is 0.311 e. The third-order valence-corrected chi connectivity index (χ3v) is 8.83. The highest BCUT2D eigenvalue weighted by Crippen LogP contribution is 2.61. The molecule has 0 radical (unpaired) electrons. The molecule has 4 rings (SSSR count). The zero-order valence-corrected chi connectivity index (χ0v) is 20.1. The summed E-state index contributed by atoms with van der Waals surface area (Å²) in [5.41, 5.74) is -0.429. The third-order valence-electron chi connectivity index (χ3n) is 7.09. The summed E-state index contributed by atoms with van der Waals surface area (Å²) < 4.78 is 4.72. The predicted molar refractivity (Wildman–Crippen MR) is 123 cm³/mol. The summed E-state index contributed by atoms with van der Waals surface area (Å²) in [6, 6.07) is -1.30. The van der Waals surface area contributed by atoms with E-state index in [2.05, 4.69) is 6.08 Å². The number of aliphatic hydroxyl groups is 1. The van der Waals surface area contributed by atoms with Gasteiger partial charge in [0.2, 0.25) is 11.8 Å². The number of ether oxygens (including phenoxy) is 1. The highest BCUT2D eigenvalue weighted by molar-refractivity contribution is 8.02. The lowest BCUT2D eigenvalue weighted by molar-refractivity contribution is -0.153. The quantitative estimate of drug-likeness (QED) is 0.500. The molecule has 0 saturated carbocycles. The third kappa shape index (κ3) is 3.59. The number of esters is 1. The van der Waals surface area contributed by atoms with Crippen molar-refractivity contribution in [2.45, 2.75) is 74.6 Å². The van der Waals surface area contributed by atoms with E-state index in [-0.39, 0.29) is 29.6 Å². The molecule has 2 amide bonds. The number of hydrogen-bond donors (Lipinski definition) is 1. The minimum absolute atomic E-state index is 0.132. The Balaban J connectivity index is 1.85. The van der Waals surface area contributed by atoms with Crippen molar-refractivity contribution >= 4 is 29.5 Å². The topological polar surface area (TPSA) is 87.2 Å². The van der Waals surface area contributed by atoms with Crippen LogP contribution in [-0.4, -0.2) is 80.1 Å². The maximum atomic E-state index is 14.0. The van der Waals surface area contributed by atoms with Crippen LogP contribution in [0.25, 0.3) is 0 Å². The van der Waals surface area contributed by atoms with Gasteiger partial charge in [-0.15, -0.1) is 11.8 Å². The molecule has 4 aliphatic rings. The van der Waals surface area contributed by atoms with Crippen LogP contribution >= 0.6 is 11.8 Å². The van der Waals surface area contributed by atoms with Crippen LogP contribution in [0.5, 0.6) is 0 Å². The van der Waals surface area contributed by atoms with Gasteiger partial charge < -0.3 is 19.6 Å². The Morgan fingerprint density at radius 2 is 1.97 bits per heavy atom. The Labute approximate surface area is 194 Å². The smallest absolute Gasteiger partial charge is 0.311 e. The molecule has 7 nitrogen and oxygen atoms in total. The Morgan fingerprint density at radius 3 is 2.66 bits per heavy atom. The van der Waals surface area contributed by atoms with Gasteiger partial charge in [0.15, 0.2) is 0 Å². The number of likely N-dealkylation sites (tertiary alicyclic amines) is 1. The number of allylic oxidation sites excluding steroid dienone is 1. The van der Waals surface area contributed by atoms with E-state index in [4.69, 9.17) is 4.74 Å². The molecule has 6 atom stereocenters. The normalized spacial score (nSPS) is 37.3. The molecule has 2 saturated heterocycles. The van der Waals surface area contributed by atoms with Crippen LogP contribution in [0.3, 0.4) is 0 Å². The molecule has 176 valence electrons. The number of carbonyl (C=O) groups is 3. The van der Waals surface area contributed by atoms with Crippen LogP contribution in [-0.2, 0) is 19.1 Å². The molecule has 8 heteroatoms. The first-order chi connectivity index (χ1) is 15.1. The Morgan fingerprint density at radius 1 is 1.22 bits per heavy atom. The van der Waals surface area contributed by atoms with Gasteiger partial charge in [0.25, 0.3) is 0 Å². The van der Waals surface area contributed by atoms with Crippen molar-refractivity contribution in [3.05, 3.63) is 24.3 Å². The number of hydrogen-bond acceptors (Lipinski definition) is 6. The molecule has 0 aromatic heterocycles. The van der Waals surface area contributed by atoms with Crippen molar-refractivity contribution in [1.29, 1.82) is 0 Å². The molecule has 4 heterocycles. The number of fused-ring (bicyclic) bond motifs is 2. The fourth-order valence-corrected chi connectivity index (χ4v) is 7.51. The first-order valence-corrected chi connectivity index (χ1v) is 12.4. The number of nitrogens with zero attached hydrogens (tertiary/aromatic N) is 2. The number of carbonyl (C=O) groups excluding carboxylic acids is 3. The first kappa shape index (κ1) is 23.4. The van der Waals surface area contributed by atoms with Gasteiger partial charge in [0, 0.05) is 17.3 Å². The summed E-state index contributed by atoms with van der Waals surface area (Å²) in [5, 5.41) is 9.70. The number of rotatable bonds is 2. The lowest BCUT2D eigenvalue weighted by atomic mass is 9.78. The minimum Gasteiger partial charge on any atom is -0.465 e. The molecule has 1 unspecified atom stereocenters. The molecule has 1 N–H and O–H groups in total. The number of aliphatic hydroxyl groups excluding tert-OH is 1. The van der Waals surface area contributed by atoms with Crippen molar-refractivity contribution < 1.29 is 24.2 Å². The number of amides is 2. The molecule has 0 aromatic carbocycles. The van der Waals surface area contributed by atoms with E-state index >= 15 is 0 Å². The monoisotopic (exact) mass is 462 g/mol. The van der Waals surface area contributed by atoms with Crippen molar-refractivity contribution in [3.8, 4) is 0 Å². The minimum atomic E-state index is -0.871. The van der Waals surface area contributed by atoms with Crippen LogP contribution in [0, 0.1) is 11.8 Å². The van der Waals surface area contributed by atoms with Crippen molar-refractivity contribution in [1.82, 2.24) is 9.80 Å². The van der Waals surface area contributed by atoms with E-state index in [9.17, 15) is 19.5 Å². The van der Waals surface area contributed by atoms with Crippen LogP contribution in [0.15, 0.2) is 24.3 Å². The largest absolute Gasteiger partial charge is 0.465 e. The number of thioether (sulfide) groups is 1. The van der Waals surface area contributed by atoms with Gasteiger partial charge >= 0.3 is 5.97 Å². The lowest BCUT2D eigenvalue weighted by Gasteiger charge is -2.41. The molecule has 1 spiro atoms. The summed E-state index contributed by atoms with van der Waals surface area (Å²) in [4.78, 5) is 44.4. The van der Waals surface area contributed by atoms with Crippen LogP contribution < -0.4 is 0 Å². The summed E-state index contributed by atoms with van der Waals surface area (Å²) in [7, 11) is 0. The van der Waals surface area contributed by atoms with E-state index in [0.717, 1.165) is 19.3 Å². The van der Waals surface area contributed by atoms with Crippen LogP contribution in [0.4, 0.5) is 0 Å².